The van der Waals surface area contributed by atoms with Gasteiger partial charge >= 0.3 is 0 Å². The molecule has 0 atom stereocenters. The fourth-order valence-corrected chi connectivity index (χ4v) is 2.16. The molecule has 0 radical (unpaired) electrons. The zero-order valence-electron chi connectivity index (χ0n) is 14.4. The fraction of sp³-hybridized carbons (Fsp3) is 0.158. The van der Waals surface area contributed by atoms with Gasteiger partial charge in [-0.3, -0.25) is 4.79 Å². The number of nitrogens with one attached hydrogen (secondary N) is 2. The predicted octanol–water partition coefficient (Wildman–Crippen LogP) is 3.22. The second-order valence-corrected chi connectivity index (χ2v) is 5.71. The third-order valence-corrected chi connectivity index (χ3v) is 3.57. The minimum atomic E-state index is -0.521. The van der Waals surface area contributed by atoms with E-state index >= 15 is 0 Å². The third-order valence-electron chi connectivity index (χ3n) is 3.57. The summed E-state index contributed by atoms with van der Waals surface area (Å²) in [5, 5.41) is 24.3. The van der Waals surface area contributed by atoms with E-state index in [4.69, 9.17) is 0 Å². The number of anilines is 3. The van der Waals surface area contributed by atoms with Crippen LogP contribution in [-0.4, -0.2) is 25.1 Å². The summed E-state index contributed by atoms with van der Waals surface area (Å²) >= 11 is 0. The van der Waals surface area contributed by atoms with Gasteiger partial charge in [0.2, 0.25) is 0 Å². The van der Waals surface area contributed by atoms with E-state index in [-0.39, 0.29) is 11.3 Å². The van der Waals surface area contributed by atoms with Crippen molar-refractivity contribution in [3.8, 4) is 11.8 Å². The number of hydrogen-bond donors (Lipinski definition) is 3. The number of amides is 1. The van der Waals surface area contributed by atoms with Gasteiger partial charge in [0.1, 0.15) is 17.4 Å². The molecule has 1 amide bonds. The van der Waals surface area contributed by atoms with Crippen molar-refractivity contribution in [3.05, 3.63) is 59.8 Å². The molecule has 2 aromatic carbocycles. The maximum Gasteiger partial charge on any atom is 0.267 e. The molecule has 6 heteroatoms. The Morgan fingerprint density at radius 1 is 1.24 bits per heavy atom. The van der Waals surface area contributed by atoms with Crippen molar-refractivity contribution in [1.82, 2.24) is 0 Å². The van der Waals surface area contributed by atoms with Crippen molar-refractivity contribution in [2.75, 3.05) is 29.6 Å². The fourth-order valence-electron chi connectivity index (χ4n) is 2.16. The molecule has 6 nitrogen and oxygen atoms in total. The Bertz CT molecular complexity index is 851. The summed E-state index contributed by atoms with van der Waals surface area (Å²) in [4.78, 5) is 14.2. The average molecular weight is 336 g/mol. The molecule has 0 fully saturated rings. The molecule has 0 saturated carbocycles. The molecule has 0 heterocycles. The van der Waals surface area contributed by atoms with Crippen LogP contribution in [0.3, 0.4) is 0 Å². The number of carbonyl (C=O) groups is 1. The van der Waals surface area contributed by atoms with Crippen molar-refractivity contribution in [2.24, 2.45) is 0 Å². The van der Waals surface area contributed by atoms with Gasteiger partial charge in [-0.05, 0) is 48.9 Å². The van der Waals surface area contributed by atoms with E-state index in [2.05, 4.69) is 10.6 Å². The van der Waals surface area contributed by atoms with Gasteiger partial charge in [-0.1, -0.05) is 6.07 Å². The first-order valence-electron chi connectivity index (χ1n) is 7.66. The number of phenolic OH excluding ortho intramolecular Hbond substituents is 1. The zero-order valence-corrected chi connectivity index (χ0v) is 14.4. The van der Waals surface area contributed by atoms with E-state index in [1.165, 1.54) is 18.3 Å². The summed E-state index contributed by atoms with van der Waals surface area (Å²) < 4.78 is 0. The molecule has 3 N–H and O–H groups in total. The summed E-state index contributed by atoms with van der Waals surface area (Å²) in [5.41, 5.74) is 2.97. The van der Waals surface area contributed by atoms with Crippen molar-refractivity contribution < 1.29 is 9.90 Å². The third kappa shape index (κ3) is 4.75. The maximum atomic E-state index is 12.3. The number of carbonyl (C=O) groups excluding carboxylic acids is 1. The quantitative estimate of drug-likeness (QED) is 0.443. The largest absolute Gasteiger partial charge is 0.508 e. The van der Waals surface area contributed by atoms with Crippen molar-refractivity contribution >= 4 is 23.0 Å². The SMILES string of the molecule is Cc1cc(O)ccc1NC(=O)/C(C#N)=C\Nc1cccc(N(C)C)c1. The molecule has 0 unspecified atom stereocenters. The first-order chi connectivity index (χ1) is 11.9. The molecule has 25 heavy (non-hydrogen) atoms. The molecule has 0 bridgehead atoms. The number of rotatable bonds is 5. The van der Waals surface area contributed by atoms with Gasteiger partial charge in [0.25, 0.3) is 5.91 Å². The summed E-state index contributed by atoms with van der Waals surface area (Å²) in [6, 6.07) is 14.1. The molecule has 0 aliphatic rings. The number of aromatic hydroxyl groups is 1. The molecule has 0 aromatic heterocycles. The molecule has 2 aromatic rings. The number of nitrogens with zero attached hydrogens (tertiary/aromatic N) is 2. The first-order valence-corrected chi connectivity index (χ1v) is 7.66. The highest BCUT2D eigenvalue weighted by atomic mass is 16.3. The summed E-state index contributed by atoms with van der Waals surface area (Å²) in [6.07, 6.45) is 1.37. The Labute approximate surface area is 147 Å². The van der Waals surface area contributed by atoms with Crippen LogP contribution < -0.4 is 15.5 Å². The summed E-state index contributed by atoms with van der Waals surface area (Å²) in [6.45, 7) is 1.76. The van der Waals surface area contributed by atoms with E-state index < -0.39 is 5.91 Å². The Hall–Kier alpha value is -3.46. The molecule has 0 aliphatic heterocycles. The topological polar surface area (TPSA) is 88.4 Å². The molecular weight excluding hydrogens is 316 g/mol. The smallest absolute Gasteiger partial charge is 0.267 e. The maximum absolute atomic E-state index is 12.3. The van der Waals surface area contributed by atoms with Crippen LogP contribution >= 0.6 is 0 Å². The number of aryl methyl sites for hydroxylation is 1. The minimum absolute atomic E-state index is 0.0530. The van der Waals surface area contributed by atoms with Gasteiger partial charge < -0.3 is 20.6 Å². The Morgan fingerprint density at radius 2 is 2.00 bits per heavy atom. The van der Waals surface area contributed by atoms with Crippen LogP contribution in [0.2, 0.25) is 0 Å². The molecular formula is C19H20N4O2. The molecule has 0 aliphatic carbocycles. The lowest BCUT2D eigenvalue weighted by molar-refractivity contribution is -0.112. The lowest BCUT2D eigenvalue weighted by Crippen LogP contribution is -2.15. The van der Waals surface area contributed by atoms with Crippen LogP contribution in [0.25, 0.3) is 0 Å². The van der Waals surface area contributed by atoms with Crippen molar-refractivity contribution in [3.63, 3.8) is 0 Å². The second-order valence-electron chi connectivity index (χ2n) is 5.71. The Balaban J connectivity index is 2.13. The highest BCUT2D eigenvalue weighted by molar-refractivity contribution is 6.07. The van der Waals surface area contributed by atoms with E-state index in [0.29, 0.717) is 11.3 Å². The van der Waals surface area contributed by atoms with Gasteiger partial charge in [0.15, 0.2) is 0 Å². The van der Waals surface area contributed by atoms with E-state index in [9.17, 15) is 15.2 Å². The summed E-state index contributed by atoms with van der Waals surface area (Å²) in [7, 11) is 3.87. The molecule has 0 spiro atoms. The number of phenols is 1. The number of nitriles is 1. The average Bonchev–Trinajstić information content (AvgIpc) is 2.58. The molecule has 128 valence electrons. The van der Waals surface area contributed by atoms with Gasteiger partial charge in [-0.25, -0.2) is 0 Å². The van der Waals surface area contributed by atoms with E-state index in [0.717, 1.165) is 11.4 Å². The first kappa shape index (κ1) is 17.9. The van der Waals surface area contributed by atoms with E-state index in [1.54, 1.807) is 13.0 Å². The van der Waals surface area contributed by atoms with Crippen LogP contribution in [0.4, 0.5) is 17.1 Å². The van der Waals surface area contributed by atoms with E-state index in [1.807, 2.05) is 49.3 Å². The lowest BCUT2D eigenvalue weighted by atomic mass is 10.2. The van der Waals surface area contributed by atoms with Gasteiger partial charge in [-0.2, -0.15) is 5.26 Å². The lowest BCUT2D eigenvalue weighted by Gasteiger charge is -2.13. The second kappa shape index (κ2) is 7.88. The summed E-state index contributed by atoms with van der Waals surface area (Å²) in [5.74, 6) is -0.401. The van der Waals surface area contributed by atoms with Gasteiger partial charge in [-0.15, -0.1) is 0 Å². The number of benzene rings is 2. The van der Waals surface area contributed by atoms with Crippen LogP contribution in [0, 0.1) is 18.3 Å². The predicted molar refractivity (Wildman–Crippen MR) is 99.6 cm³/mol. The van der Waals surface area contributed by atoms with Gasteiger partial charge in [0.05, 0.1) is 0 Å². The zero-order chi connectivity index (χ0) is 18.4. The van der Waals surface area contributed by atoms with Crippen molar-refractivity contribution in [1.29, 1.82) is 5.26 Å². The van der Waals surface area contributed by atoms with Crippen LogP contribution in [0.15, 0.2) is 54.2 Å². The Morgan fingerprint density at radius 3 is 2.64 bits per heavy atom. The molecule has 2 rings (SSSR count). The van der Waals surface area contributed by atoms with Crippen LogP contribution in [0.1, 0.15) is 5.56 Å². The minimum Gasteiger partial charge on any atom is -0.508 e. The molecule has 0 saturated heterocycles. The number of hydrogen-bond acceptors (Lipinski definition) is 5. The standard InChI is InChI=1S/C19H20N4O2/c1-13-9-17(24)7-8-18(13)22-19(25)14(11-20)12-21-15-5-4-6-16(10-15)23(2)3/h4-10,12,21,24H,1-3H3,(H,22,25)/b14-12-. The van der Waals surface area contributed by atoms with Crippen molar-refractivity contribution in [2.45, 2.75) is 6.92 Å². The van der Waals surface area contributed by atoms with Crippen LogP contribution in [-0.2, 0) is 4.79 Å². The monoisotopic (exact) mass is 336 g/mol. The Kier molecular flexibility index (Phi) is 5.64. The van der Waals surface area contributed by atoms with Crippen LogP contribution in [0.5, 0.6) is 5.75 Å². The van der Waals surface area contributed by atoms with Gasteiger partial charge in [0, 0.05) is 37.4 Å². The highest BCUT2D eigenvalue weighted by Gasteiger charge is 2.11. The normalized spacial score (nSPS) is 10.7. The highest BCUT2D eigenvalue weighted by Crippen LogP contribution is 2.21.